The fourth-order valence-corrected chi connectivity index (χ4v) is 1.59. The molecule has 3 nitrogen and oxygen atoms in total. The van der Waals surface area contributed by atoms with Crippen LogP contribution in [-0.2, 0) is 0 Å². The number of rotatable bonds is 4. The van der Waals surface area contributed by atoms with Crippen molar-refractivity contribution in [2.24, 2.45) is 5.73 Å². The number of hydrogen-bond donors (Lipinski definition) is 2. The van der Waals surface area contributed by atoms with E-state index >= 15 is 0 Å². The smallest absolute Gasteiger partial charge is 0.124 e. The highest BCUT2D eigenvalue weighted by Crippen LogP contribution is 2.30. The molecule has 1 aromatic rings. The molecule has 0 aliphatic heterocycles. The minimum atomic E-state index is -0.466. The van der Waals surface area contributed by atoms with E-state index in [-0.39, 0.29) is 12.7 Å². The molecule has 1 unspecified atom stereocenters. The second-order valence-corrected chi connectivity index (χ2v) is 4.50. The Bertz CT molecular complexity index is 366. The van der Waals surface area contributed by atoms with Gasteiger partial charge in [0.1, 0.15) is 5.75 Å². The van der Waals surface area contributed by atoms with Crippen LogP contribution in [0.5, 0.6) is 5.75 Å². The molecule has 0 aliphatic carbocycles. The molecule has 1 aromatic carbocycles. The molecular weight excluding hydrogens is 226 g/mol. The standard InChI is InChI=1S/C12H18ClNO2/c1-7(2)16-12-4-8(3)10(13)5-9(12)11(14)6-15/h4-5,7,11,15H,6,14H2,1-3H3. The van der Waals surface area contributed by atoms with Crippen LogP contribution in [0, 0.1) is 6.92 Å². The van der Waals surface area contributed by atoms with E-state index in [9.17, 15) is 0 Å². The summed E-state index contributed by atoms with van der Waals surface area (Å²) in [5.74, 6) is 0.693. The quantitative estimate of drug-likeness (QED) is 0.854. The summed E-state index contributed by atoms with van der Waals surface area (Å²) in [4.78, 5) is 0. The molecule has 0 fully saturated rings. The highest BCUT2D eigenvalue weighted by Gasteiger charge is 2.14. The Kier molecular flexibility index (Phi) is 4.59. The summed E-state index contributed by atoms with van der Waals surface area (Å²) >= 11 is 6.03. The summed E-state index contributed by atoms with van der Waals surface area (Å²) in [6, 6.07) is 3.15. The molecule has 1 rings (SSSR count). The molecule has 0 amide bonds. The van der Waals surface area contributed by atoms with Crippen molar-refractivity contribution in [1.29, 1.82) is 0 Å². The molecule has 0 aromatic heterocycles. The predicted molar refractivity (Wildman–Crippen MR) is 66.0 cm³/mol. The summed E-state index contributed by atoms with van der Waals surface area (Å²) in [6.07, 6.45) is 0.0604. The van der Waals surface area contributed by atoms with E-state index < -0.39 is 6.04 Å². The zero-order chi connectivity index (χ0) is 12.3. The molecule has 16 heavy (non-hydrogen) atoms. The van der Waals surface area contributed by atoms with Crippen molar-refractivity contribution in [3.63, 3.8) is 0 Å². The zero-order valence-corrected chi connectivity index (χ0v) is 10.6. The van der Waals surface area contributed by atoms with Gasteiger partial charge in [-0.15, -0.1) is 0 Å². The summed E-state index contributed by atoms with van der Waals surface area (Å²) in [7, 11) is 0. The third-order valence-electron chi connectivity index (χ3n) is 2.25. The molecule has 4 heteroatoms. The largest absolute Gasteiger partial charge is 0.491 e. The fourth-order valence-electron chi connectivity index (χ4n) is 1.41. The van der Waals surface area contributed by atoms with Crippen LogP contribution in [0.3, 0.4) is 0 Å². The first-order chi connectivity index (χ1) is 7.45. The van der Waals surface area contributed by atoms with Gasteiger partial charge < -0.3 is 15.6 Å². The Morgan fingerprint density at radius 3 is 2.56 bits per heavy atom. The van der Waals surface area contributed by atoms with Gasteiger partial charge in [0.15, 0.2) is 0 Å². The Morgan fingerprint density at radius 2 is 2.06 bits per heavy atom. The summed E-state index contributed by atoms with van der Waals surface area (Å²) < 4.78 is 5.65. The Morgan fingerprint density at radius 1 is 1.44 bits per heavy atom. The normalized spacial score (nSPS) is 12.9. The first-order valence-electron chi connectivity index (χ1n) is 5.28. The zero-order valence-electron chi connectivity index (χ0n) is 9.83. The lowest BCUT2D eigenvalue weighted by Gasteiger charge is -2.18. The topological polar surface area (TPSA) is 55.5 Å². The Labute approximate surface area is 101 Å². The van der Waals surface area contributed by atoms with Gasteiger partial charge in [-0.1, -0.05) is 11.6 Å². The van der Waals surface area contributed by atoms with E-state index in [1.54, 1.807) is 6.07 Å². The van der Waals surface area contributed by atoms with Crippen LogP contribution in [0.4, 0.5) is 0 Å². The average molecular weight is 244 g/mol. The van der Waals surface area contributed by atoms with E-state index in [2.05, 4.69) is 0 Å². The Hall–Kier alpha value is -0.770. The number of hydrogen-bond acceptors (Lipinski definition) is 3. The lowest BCUT2D eigenvalue weighted by atomic mass is 10.0. The molecule has 0 heterocycles. The molecule has 90 valence electrons. The van der Waals surface area contributed by atoms with Crippen molar-refractivity contribution in [3.05, 3.63) is 28.3 Å². The molecule has 0 spiro atoms. The molecule has 0 bridgehead atoms. The number of ether oxygens (including phenoxy) is 1. The van der Waals surface area contributed by atoms with Gasteiger partial charge in [0.2, 0.25) is 0 Å². The number of halogens is 1. The molecule has 0 aliphatic rings. The van der Waals surface area contributed by atoms with Gasteiger partial charge in [0.05, 0.1) is 18.8 Å². The summed E-state index contributed by atoms with van der Waals surface area (Å²) in [5, 5.41) is 9.72. The Balaban J connectivity index is 3.16. The monoisotopic (exact) mass is 243 g/mol. The van der Waals surface area contributed by atoms with Crippen LogP contribution in [-0.4, -0.2) is 17.8 Å². The third-order valence-corrected chi connectivity index (χ3v) is 2.66. The van der Waals surface area contributed by atoms with Crippen molar-refractivity contribution in [1.82, 2.24) is 0 Å². The van der Waals surface area contributed by atoms with Crippen LogP contribution < -0.4 is 10.5 Å². The highest BCUT2D eigenvalue weighted by atomic mass is 35.5. The van der Waals surface area contributed by atoms with Crippen LogP contribution in [0.15, 0.2) is 12.1 Å². The maximum atomic E-state index is 9.08. The molecule has 3 N–H and O–H groups in total. The van der Waals surface area contributed by atoms with Crippen molar-refractivity contribution < 1.29 is 9.84 Å². The van der Waals surface area contributed by atoms with Crippen LogP contribution in [0.25, 0.3) is 0 Å². The minimum Gasteiger partial charge on any atom is -0.491 e. The van der Waals surface area contributed by atoms with Crippen LogP contribution in [0.1, 0.15) is 31.0 Å². The predicted octanol–water partition coefficient (Wildman–Crippen LogP) is 2.43. The third kappa shape index (κ3) is 3.11. The van der Waals surface area contributed by atoms with Gasteiger partial charge >= 0.3 is 0 Å². The maximum absolute atomic E-state index is 9.08. The number of aryl methyl sites for hydroxylation is 1. The lowest BCUT2D eigenvalue weighted by molar-refractivity contribution is 0.229. The molecule has 1 atom stereocenters. The van der Waals surface area contributed by atoms with Crippen molar-refractivity contribution >= 4 is 11.6 Å². The first kappa shape index (κ1) is 13.3. The van der Waals surface area contributed by atoms with Gasteiger partial charge in [-0.25, -0.2) is 0 Å². The van der Waals surface area contributed by atoms with Crippen molar-refractivity contribution in [2.75, 3.05) is 6.61 Å². The second-order valence-electron chi connectivity index (χ2n) is 4.09. The summed E-state index contributed by atoms with van der Waals surface area (Å²) in [6.45, 7) is 5.66. The average Bonchev–Trinajstić information content (AvgIpc) is 2.21. The number of aliphatic hydroxyl groups is 1. The van der Waals surface area contributed by atoms with Crippen LogP contribution in [0.2, 0.25) is 5.02 Å². The van der Waals surface area contributed by atoms with Crippen molar-refractivity contribution in [3.8, 4) is 5.75 Å². The molecule has 0 saturated heterocycles. The van der Waals surface area contributed by atoms with Gasteiger partial charge in [-0.05, 0) is 38.5 Å². The van der Waals surface area contributed by atoms with Gasteiger partial charge in [-0.2, -0.15) is 0 Å². The minimum absolute atomic E-state index is 0.0604. The maximum Gasteiger partial charge on any atom is 0.124 e. The SMILES string of the molecule is Cc1cc(OC(C)C)c(C(N)CO)cc1Cl. The number of nitrogens with two attached hydrogens (primary N) is 1. The van der Waals surface area contributed by atoms with E-state index in [0.29, 0.717) is 10.8 Å². The van der Waals surface area contributed by atoms with E-state index in [4.69, 9.17) is 27.2 Å². The molecule has 0 radical (unpaired) electrons. The second kappa shape index (κ2) is 5.53. The van der Waals surface area contributed by atoms with E-state index in [0.717, 1.165) is 11.1 Å². The number of benzene rings is 1. The van der Waals surface area contributed by atoms with Gasteiger partial charge in [-0.3, -0.25) is 0 Å². The van der Waals surface area contributed by atoms with Crippen LogP contribution >= 0.6 is 11.6 Å². The van der Waals surface area contributed by atoms with E-state index in [1.807, 2.05) is 26.8 Å². The highest BCUT2D eigenvalue weighted by molar-refractivity contribution is 6.31. The van der Waals surface area contributed by atoms with Gasteiger partial charge in [0.25, 0.3) is 0 Å². The van der Waals surface area contributed by atoms with Crippen molar-refractivity contribution in [2.45, 2.75) is 32.9 Å². The first-order valence-corrected chi connectivity index (χ1v) is 5.66. The van der Waals surface area contributed by atoms with Gasteiger partial charge in [0, 0.05) is 10.6 Å². The van der Waals surface area contributed by atoms with E-state index in [1.165, 1.54) is 0 Å². The lowest BCUT2D eigenvalue weighted by Crippen LogP contribution is -2.17. The number of aliphatic hydroxyl groups excluding tert-OH is 1. The fraction of sp³-hybridized carbons (Fsp3) is 0.500. The summed E-state index contributed by atoms with van der Waals surface area (Å²) in [5.41, 5.74) is 7.48. The molecular formula is C12H18ClNO2. The molecule has 0 saturated carbocycles.